The molecule has 4 heteroatoms. The second kappa shape index (κ2) is 9.06. The molecule has 1 aromatic carbocycles. The molecule has 0 aromatic heterocycles. The maximum Gasteiger partial charge on any atom is 0.156 e. The molecule has 1 heterocycles. The van der Waals surface area contributed by atoms with E-state index in [1.54, 1.807) is 23.4 Å². The van der Waals surface area contributed by atoms with E-state index >= 15 is 0 Å². The summed E-state index contributed by atoms with van der Waals surface area (Å²) in [6, 6.07) is 2.40. The third-order valence-electron chi connectivity index (χ3n) is 3.65. The van der Waals surface area contributed by atoms with E-state index in [1.807, 2.05) is 26.8 Å². The number of allylic oxidation sites excluding steroid dienone is 4. The topological polar surface area (TPSA) is 29.3 Å². The van der Waals surface area contributed by atoms with Gasteiger partial charge in [-0.3, -0.25) is 0 Å². The average molecular weight is 332 g/mol. The Morgan fingerprint density at radius 1 is 1.25 bits per heavy atom. The fraction of sp³-hybridized carbons (Fsp3) is 0.300. The summed E-state index contributed by atoms with van der Waals surface area (Å²) in [5.41, 5.74) is 7.96. The number of halogens is 2. The Kier molecular flexibility index (Phi) is 7.43. The van der Waals surface area contributed by atoms with Crippen LogP contribution >= 0.6 is 0 Å². The van der Waals surface area contributed by atoms with Crippen LogP contribution in [0.15, 0.2) is 54.5 Å². The fourth-order valence-corrected chi connectivity index (χ4v) is 2.52. The molecule has 0 saturated heterocycles. The summed E-state index contributed by atoms with van der Waals surface area (Å²) in [7, 11) is 0. The summed E-state index contributed by atoms with van der Waals surface area (Å²) in [6.07, 6.45) is 8.83. The summed E-state index contributed by atoms with van der Waals surface area (Å²) in [5.74, 6) is -1.37. The Morgan fingerprint density at radius 2 is 1.92 bits per heavy atom. The van der Waals surface area contributed by atoms with Gasteiger partial charge < -0.3 is 10.6 Å². The molecule has 0 atom stereocenters. The largest absolute Gasteiger partial charge is 0.396 e. The van der Waals surface area contributed by atoms with Crippen LogP contribution in [-0.2, 0) is 0 Å². The fourth-order valence-electron chi connectivity index (χ4n) is 2.52. The van der Waals surface area contributed by atoms with Gasteiger partial charge in [0.2, 0.25) is 0 Å². The number of nitrogens with zero attached hydrogens (tertiary/aromatic N) is 1. The Labute approximate surface area is 143 Å². The van der Waals surface area contributed by atoms with Gasteiger partial charge in [-0.1, -0.05) is 39.8 Å². The van der Waals surface area contributed by atoms with E-state index in [4.69, 9.17) is 5.73 Å². The van der Waals surface area contributed by atoms with Crippen molar-refractivity contribution in [2.75, 3.05) is 5.73 Å². The average Bonchev–Trinajstić information content (AvgIpc) is 2.60. The van der Waals surface area contributed by atoms with Gasteiger partial charge >= 0.3 is 0 Å². The molecule has 2 N–H and O–H groups in total. The second-order valence-electron chi connectivity index (χ2n) is 5.25. The molecule has 2 rings (SSSR count). The van der Waals surface area contributed by atoms with Crippen molar-refractivity contribution in [2.24, 2.45) is 0 Å². The Bertz CT molecular complexity index is 685. The molecule has 130 valence electrons. The molecule has 1 aromatic rings. The Balaban J connectivity index is 0.00000139. The third kappa shape index (κ3) is 4.13. The lowest BCUT2D eigenvalue weighted by Crippen LogP contribution is -2.14. The van der Waals surface area contributed by atoms with Gasteiger partial charge in [0, 0.05) is 23.7 Å². The molecule has 1 aliphatic heterocycles. The third-order valence-corrected chi connectivity index (χ3v) is 3.65. The molecule has 1 aliphatic rings. The summed E-state index contributed by atoms with van der Waals surface area (Å²) in [6.45, 7) is 11.9. The first-order chi connectivity index (χ1) is 11.5. The number of nitrogens with two attached hydrogens (primary N) is 1. The number of nitrogen functional groups attached to an aromatic ring is 1. The molecular formula is C20H26F2N2. The smallest absolute Gasteiger partial charge is 0.156 e. The van der Waals surface area contributed by atoms with E-state index in [1.165, 1.54) is 17.7 Å². The van der Waals surface area contributed by atoms with Crippen LogP contribution in [0.1, 0.15) is 46.1 Å². The van der Waals surface area contributed by atoms with Gasteiger partial charge in [-0.2, -0.15) is 0 Å². The normalized spacial score (nSPS) is 15.4. The van der Waals surface area contributed by atoms with Crippen LogP contribution < -0.4 is 5.73 Å². The molecule has 2 nitrogen and oxygen atoms in total. The van der Waals surface area contributed by atoms with Crippen molar-refractivity contribution < 1.29 is 8.78 Å². The number of hydrogen-bond donors (Lipinski definition) is 1. The van der Waals surface area contributed by atoms with Crippen LogP contribution in [0.5, 0.6) is 0 Å². The van der Waals surface area contributed by atoms with Gasteiger partial charge in [-0.25, -0.2) is 8.78 Å². The Morgan fingerprint density at radius 3 is 2.50 bits per heavy atom. The van der Waals surface area contributed by atoms with E-state index in [0.29, 0.717) is 5.57 Å². The van der Waals surface area contributed by atoms with Gasteiger partial charge in [-0.05, 0) is 37.1 Å². The Hall–Kier alpha value is -2.36. The first-order valence-electron chi connectivity index (χ1n) is 8.24. The molecule has 0 saturated carbocycles. The van der Waals surface area contributed by atoms with E-state index in [9.17, 15) is 8.78 Å². The van der Waals surface area contributed by atoms with Crippen LogP contribution in [0.3, 0.4) is 0 Å². The lowest BCUT2D eigenvalue weighted by atomic mass is 9.99. The monoisotopic (exact) mass is 332 g/mol. The van der Waals surface area contributed by atoms with Crippen molar-refractivity contribution in [3.05, 3.63) is 71.7 Å². The van der Waals surface area contributed by atoms with Crippen molar-refractivity contribution in [1.82, 2.24) is 4.90 Å². The molecular weight excluding hydrogens is 306 g/mol. The highest BCUT2D eigenvalue weighted by atomic mass is 19.1. The minimum Gasteiger partial charge on any atom is -0.396 e. The molecule has 0 bridgehead atoms. The van der Waals surface area contributed by atoms with Crippen molar-refractivity contribution in [1.29, 1.82) is 0 Å². The highest BCUT2D eigenvalue weighted by molar-refractivity contribution is 5.78. The molecule has 0 aliphatic carbocycles. The van der Waals surface area contributed by atoms with Gasteiger partial charge in [-0.15, -0.1) is 0 Å². The number of benzene rings is 1. The van der Waals surface area contributed by atoms with Crippen molar-refractivity contribution in [3.8, 4) is 0 Å². The number of hydrogen-bond acceptors (Lipinski definition) is 2. The molecule has 0 amide bonds. The van der Waals surface area contributed by atoms with E-state index < -0.39 is 11.6 Å². The zero-order valence-corrected chi connectivity index (χ0v) is 14.9. The van der Waals surface area contributed by atoms with Crippen LogP contribution in [-0.4, -0.2) is 4.90 Å². The minimum absolute atomic E-state index is 0.0700. The molecule has 0 radical (unpaired) electrons. The summed E-state index contributed by atoms with van der Waals surface area (Å²) in [4.78, 5) is 1.78. The number of rotatable bonds is 4. The van der Waals surface area contributed by atoms with Crippen LogP contribution in [0.25, 0.3) is 5.57 Å². The van der Waals surface area contributed by atoms with E-state index in [0.717, 1.165) is 18.5 Å². The van der Waals surface area contributed by atoms with Crippen molar-refractivity contribution in [2.45, 2.75) is 40.5 Å². The van der Waals surface area contributed by atoms with Gasteiger partial charge in [0.1, 0.15) is 5.82 Å². The molecule has 24 heavy (non-hydrogen) atoms. The highest BCUT2D eigenvalue weighted by Crippen LogP contribution is 2.32. The standard InChI is InChI=1S/C18H20F2N2.C2H6/c1-4-6-12(3)16-10-7-13(11-22(16)5-2)17-14(19)8-9-15(21)18(17)20;1-2/h5,7-11H,2,4,6,21H2,1,3H3;1-2H3/b16-12-;. The van der Waals surface area contributed by atoms with E-state index in [2.05, 4.69) is 13.5 Å². The first-order valence-corrected chi connectivity index (χ1v) is 8.24. The predicted molar refractivity (Wildman–Crippen MR) is 98.9 cm³/mol. The first kappa shape index (κ1) is 19.7. The predicted octanol–water partition coefficient (Wildman–Crippen LogP) is 6.00. The lowest BCUT2D eigenvalue weighted by molar-refractivity contribution is 0.577. The molecule has 0 unspecified atom stereocenters. The highest BCUT2D eigenvalue weighted by Gasteiger charge is 2.19. The SMILES string of the molecule is C=CN1C=C(c2c(F)ccc(N)c2F)C=C/C1=C(\C)CCC.CC. The van der Waals surface area contributed by atoms with Gasteiger partial charge in [0.15, 0.2) is 5.82 Å². The molecule has 0 fully saturated rings. The van der Waals surface area contributed by atoms with Gasteiger partial charge in [0.05, 0.1) is 11.3 Å². The summed E-state index contributed by atoms with van der Waals surface area (Å²) < 4.78 is 28.2. The maximum absolute atomic E-state index is 14.2. The quantitative estimate of drug-likeness (QED) is 0.685. The van der Waals surface area contributed by atoms with Crippen LogP contribution in [0.2, 0.25) is 0 Å². The molecule has 0 spiro atoms. The van der Waals surface area contributed by atoms with Crippen LogP contribution in [0.4, 0.5) is 14.5 Å². The van der Waals surface area contributed by atoms with Crippen molar-refractivity contribution >= 4 is 11.3 Å². The summed E-state index contributed by atoms with van der Waals surface area (Å²) >= 11 is 0. The number of anilines is 1. The van der Waals surface area contributed by atoms with E-state index in [-0.39, 0.29) is 11.3 Å². The minimum atomic E-state index is -0.738. The zero-order valence-electron chi connectivity index (χ0n) is 14.9. The summed E-state index contributed by atoms with van der Waals surface area (Å²) in [5, 5.41) is 0. The lowest BCUT2D eigenvalue weighted by Gasteiger charge is -2.25. The van der Waals surface area contributed by atoms with Gasteiger partial charge in [0.25, 0.3) is 0 Å². The van der Waals surface area contributed by atoms with Crippen LogP contribution in [0, 0.1) is 11.6 Å². The van der Waals surface area contributed by atoms with Crippen molar-refractivity contribution in [3.63, 3.8) is 0 Å². The maximum atomic E-state index is 14.2. The zero-order chi connectivity index (χ0) is 18.3. The second-order valence-corrected chi connectivity index (χ2v) is 5.25.